The van der Waals surface area contributed by atoms with E-state index in [1.165, 1.54) is 5.56 Å². The third kappa shape index (κ3) is 2.89. The molecule has 0 unspecified atom stereocenters. The first kappa shape index (κ1) is 16.2. The molecular formula is C19H21NO4. The van der Waals surface area contributed by atoms with Crippen LogP contribution < -0.4 is 18.9 Å². The molecule has 0 spiro atoms. The monoisotopic (exact) mass is 327 g/mol. The molecule has 0 saturated carbocycles. The van der Waals surface area contributed by atoms with E-state index in [1.807, 2.05) is 30.3 Å². The van der Waals surface area contributed by atoms with Crippen LogP contribution in [0.2, 0.25) is 0 Å². The normalized spacial score (nSPS) is 12.9. The first-order valence-corrected chi connectivity index (χ1v) is 7.73. The Balaban J connectivity index is 2.13. The van der Waals surface area contributed by atoms with E-state index in [0.717, 1.165) is 47.1 Å². The number of ether oxygens (including phenoxy) is 4. The van der Waals surface area contributed by atoms with Crippen molar-refractivity contribution in [1.82, 2.24) is 0 Å². The molecule has 0 radical (unpaired) electrons. The Bertz CT molecular complexity index is 761. The summed E-state index contributed by atoms with van der Waals surface area (Å²) in [5.41, 5.74) is 4.11. The number of hydrogen-bond donors (Lipinski definition) is 0. The molecule has 0 aliphatic carbocycles. The zero-order valence-electron chi connectivity index (χ0n) is 14.4. The van der Waals surface area contributed by atoms with Crippen LogP contribution in [0.5, 0.6) is 23.0 Å². The van der Waals surface area contributed by atoms with Gasteiger partial charge in [0.05, 0.1) is 34.2 Å². The number of fused-ring (bicyclic) bond motifs is 1. The number of methoxy groups -OCH3 is 4. The van der Waals surface area contributed by atoms with Crippen LogP contribution in [-0.4, -0.2) is 40.7 Å². The summed E-state index contributed by atoms with van der Waals surface area (Å²) in [5, 5.41) is 0. The van der Waals surface area contributed by atoms with Crippen molar-refractivity contribution in [2.45, 2.75) is 6.42 Å². The summed E-state index contributed by atoms with van der Waals surface area (Å²) in [6, 6.07) is 9.79. The molecule has 2 aromatic rings. The minimum absolute atomic E-state index is 0.695. The standard InChI is InChI=1S/C19H21NO4/c1-21-14-7-13(8-15(10-14)22-2)19-16-11-18(24-4)17(23-3)9-12(16)5-6-20-19/h7-11H,5-6H2,1-4H3. The van der Waals surface area contributed by atoms with Gasteiger partial charge in [0.2, 0.25) is 0 Å². The van der Waals surface area contributed by atoms with Gasteiger partial charge in [-0.05, 0) is 36.2 Å². The highest BCUT2D eigenvalue weighted by Gasteiger charge is 2.20. The molecule has 5 nitrogen and oxygen atoms in total. The molecule has 24 heavy (non-hydrogen) atoms. The summed E-state index contributed by atoms with van der Waals surface area (Å²) in [6.07, 6.45) is 0.875. The second-order valence-corrected chi connectivity index (χ2v) is 5.45. The van der Waals surface area contributed by atoms with E-state index in [4.69, 9.17) is 23.9 Å². The Morgan fingerprint density at radius 3 is 1.96 bits per heavy atom. The second-order valence-electron chi connectivity index (χ2n) is 5.45. The third-order valence-electron chi connectivity index (χ3n) is 4.14. The minimum Gasteiger partial charge on any atom is -0.497 e. The van der Waals surface area contributed by atoms with Gasteiger partial charge in [-0.25, -0.2) is 0 Å². The number of hydrogen-bond acceptors (Lipinski definition) is 5. The van der Waals surface area contributed by atoms with Gasteiger partial charge in [0, 0.05) is 23.7 Å². The Morgan fingerprint density at radius 2 is 1.38 bits per heavy atom. The van der Waals surface area contributed by atoms with Gasteiger partial charge in [-0.1, -0.05) is 0 Å². The van der Waals surface area contributed by atoms with Crippen molar-refractivity contribution in [2.24, 2.45) is 4.99 Å². The molecule has 0 saturated heterocycles. The summed E-state index contributed by atoms with van der Waals surface area (Å²) >= 11 is 0. The average molecular weight is 327 g/mol. The Labute approximate surface area is 141 Å². The van der Waals surface area contributed by atoms with Gasteiger partial charge < -0.3 is 18.9 Å². The van der Waals surface area contributed by atoms with Gasteiger partial charge in [0.15, 0.2) is 11.5 Å². The van der Waals surface area contributed by atoms with Crippen LogP contribution in [0.3, 0.4) is 0 Å². The van der Waals surface area contributed by atoms with E-state index >= 15 is 0 Å². The van der Waals surface area contributed by atoms with E-state index in [-0.39, 0.29) is 0 Å². The molecule has 0 bridgehead atoms. The van der Waals surface area contributed by atoms with Crippen LogP contribution in [0.25, 0.3) is 0 Å². The summed E-state index contributed by atoms with van der Waals surface area (Å²) in [7, 11) is 6.57. The number of rotatable bonds is 5. The van der Waals surface area contributed by atoms with Crippen molar-refractivity contribution in [3.05, 3.63) is 47.0 Å². The van der Waals surface area contributed by atoms with Crippen LogP contribution in [0, 0.1) is 0 Å². The second kappa shape index (κ2) is 6.83. The predicted molar refractivity (Wildman–Crippen MR) is 93.3 cm³/mol. The van der Waals surface area contributed by atoms with Gasteiger partial charge in [-0.15, -0.1) is 0 Å². The molecule has 5 heteroatoms. The SMILES string of the molecule is COc1cc(OC)cc(C2=NCCc3cc(OC)c(OC)cc32)c1. The van der Waals surface area contributed by atoms with Crippen molar-refractivity contribution < 1.29 is 18.9 Å². The quantitative estimate of drug-likeness (QED) is 0.847. The number of aliphatic imine (C=N–C) groups is 1. The molecule has 1 aliphatic heterocycles. The van der Waals surface area contributed by atoms with E-state index < -0.39 is 0 Å². The van der Waals surface area contributed by atoms with Crippen molar-refractivity contribution >= 4 is 5.71 Å². The van der Waals surface area contributed by atoms with E-state index in [9.17, 15) is 0 Å². The molecule has 0 fully saturated rings. The molecule has 2 aromatic carbocycles. The topological polar surface area (TPSA) is 49.3 Å². The van der Waals surface area contributed by atoms with Crippen LogP contribution in [0.15, 0.2) is 35.3 Å². The van der Waals surface area contributed by atoms with Crippen molar-refractivity contribution in [3.63, 3.8) is 0 Å². The van der Waals surface area contributed by atoms with Crippen LogP contribution in [-0.2, 0) is 6.42 Å². The smallest absolute Gasteiger partial charge is 0.161 e. The zero-order valence-corrected chi connectivity index (χ0v) is 14.4. The largest absolute Gasteiger partial charge is 0.497 e. The first-order chi connectivity index (χ1) is 11.7. The lowest BCUT2D eigenvalue weighted by Crippen LogP contribution is -2.15. The van der Waals surface area contributed by atoms with Crippen molar-refractivity contribution in [3.8, 4) is 23.0 Å². The van der Waals surface area contributed by atoms with E-state index in [1.54, 1.807) is 28.4 Å². The molecule has 3 rings (SSSR count). The van der Waals surface area contributed by atoms with Crippen molar-refractivity contribution in [2.75, 3.05) is 35.0 Å². The molecule has 1 heterocycles. The fourth-order valence-electron chi connectivity index (χ4n) is 2.91. The summed E-state index contributed by atoms with van der Waals surface area (Å²) in [5.74, 6) is 2.90. The molecule has 0 atom stereocenters. The maximum Gasteiger partial charge on any atom is 0.161 e. The Hall–Kier alpha value is -2.69. The molecular weight excluding hydrogens is 306 g/mol. The molecule has 0 aromatic heterocycles. The molecule has 1 aliphatic rings. The lowest BCUT2D eigenvalue weighted by atomic mass is 9.92. The van der Waals surface area contributed by atoms with Crippen LogP contribution in [0.1, 0.15) is 16.7 Å². The van der Waals surface area contributed by atoms with Crippen LogP contribution in [0.4, 0.5) is 0 Å². The summed E-state index contributed by atoms with van der Waals surface area (Å²) in [4.78, 5) is 4.73. The predicted octanol–water partition coefficient (Wildman–Crippen LogP) is 3.11. The van der Waals surface area contributed by atoms with E-state index in [0.29, 0.717) is 5.75 Å². The third-order valence-corrected chi connectivity index (χ3v) is 4.14. The Morgan fingerprint density at radius 1 is 0.750 bits per heavy atom. The highest BCUT2D eigenvalue weighted by atomic mass is 16.5. The summed E-state index contributed by atoms with van der Waals surface area (Å²) in [6.45, 7) is 0.733. The molecule has 0 N–H and O–H groups in total. The Kier molecular flexibility index (Phi) is 4.60. The lowest BCUT2D eigenvalue weighted by molar-refractivity contribution is 0.354. The van der Waals surface area contributed by atoms with E-state index in [2.05, 4.69) is 0 Å². The lowest BCUT2D eigenvalue weighted by Gasteiger charge is -2.20. The molecule has 0 amide bonds. The van der Waals surface area contributed by atoms with Gasteiger partial charge >= 0.3 is 0 Å². The number of nitrogens with zero attached hydrogens (tertiary/aromatic N) is 1. The number of benzene rings is 2. The zero-order chi connectivity index (χ0) is 17.1. The fraction of sp³-hybridized carbons (Fsp3) is 0.316. The van der Waals surface area contributed by atoms with Gasteiger partial charge in [-0.2, -0.15) is 0 Å². The maximum absolute atomic E-state index is 5.45. The van der Waals surface area contributed by atoms with Gasteiger partial charge in [0.25, 0.3) is 0 Å². The highest BCUT2D eigenvalue weighted by molar-refractivity contribution is 6.15. The van der Waals surface area contributed by atoms with Gasteiger partial charge in [0.1, 0.15) is 11.5 Å². The first-order valence-electron chi connectivity index (χ1n) is 7.73. The maximum atomic E-state index is 5.45. The average Bonchev–Trinajstić information content (AvgIpc) is 2.65. The van der Waals surface area contributed by atoms with Crippen LogP contribution >= 0.6 is 0 Å². The molecule has 126 valence electrons. The van der Waals surface area contributed by atoms with Crippen molar-refractivity contribution in [1.29, 1.82) is 0 Å². The van der Waals surface area contributed by atoms with Gasteiger partial charge in [-0.3, -0.25) is 4.99 Å². The minimum atomic E-state index is 0.695. The fourth-order valence-corrected chi connectivity index (χ4v) is 2.91. The highest BCUT2D eigenvalue weighted by Crippen LogP contribution is 2.34. The summed E-state index contributed by atoms with van der Waals surface area (Å²) < 4.78 is 21.6.